The molecular weight excluding hydrogens is 345 g/mol. The van der Waals surface area contributed by atoms with Gasteiger partial charge in [0.2, 0.25) is 0 Å². The smallest absolute Gasteiger partial charge is 0.294 e. The summed E-state index contributed by atoms with van der Waals surface area (Å²) >= 11 is 0. The Morgan fingerprint density at radius 1 is 1.08 bits per heavy atom. The number of sulfonamides is 1. The zero-order valence-corrected chi connectivity index (χ0v) is 12.9. The SMILES string of the molecule is O=C1CCN(S(=O)(=O)c2ccc(C(F)(F)F)nc2)c2ccccc21. The number of Topliss-reactive ketones (excluding diaryl/α,β-unsaturated/α-hetero) is 1. The average molecular weight is 356 g/mol. The summed E-state index contributed by atoms with van der Waals surface area (Å²) in [5.74, 6) is -0.178. The number of carbonyl (C=O) groups excluding carboxylic acids is 1. The van der Waals surface area contributed by atoms with Crippen molar-refractivity contribution in [2.45, 2.75) is 17.5 Å². The largest absolute Gasteiger partial charge is 0.433 e. The quantitative estimate of drug-likeness (QED) is 0.830. The number of rotatable bonds is 2. The molecule has 9 heteroatoms. The van der Waals surface area contributed by atoms with Gasteiger partial charge in [0.25, 0.3) is 10.0 Å². The number of alkyl halides is 3. The van der Waals surface area contributed by atoms with E-state index >= 15 is 0 Å². The lowest BCUT2D eigenvalue weighted by atomic mass is 10.0. The van der Waals surface area contributed by atoms with Gasteiger partial charge in [0, 0.05) is 24.7 Å². The van der Waals surface area contributed by atoms with Gasteiger partial charge in [0.15, 0.2) is 5.78 Å². The number of carbonyl (C=O) groups is 1. The van der Waals surface area contributed by atoms with Gasteiger partial charge in [0.1, 0.15) is 10.6 Å². The van der Waals surface area contributed by atoms with Crippen molar-refractivity contribution >= 4 is 21.5 Å². The Morgan fingerprint density at radius 3 is 2.42 bits per heavy atom. The van der Waals surface area contributed by atoms with E-state index in [0.29, 0.717) is 12.3 Å². The maximum Gasteiger partial charge on any atom is 0.433 e. The van der Waals surface area contributed by atoms with Gasteiger partial charge in [-0.3, -0.25) is 14.1 Å². The van der Waals surface area contributed by atoms with Crippen LogP contribution in [0.15, 0.2) is 47.5 Å². The van der Waals surface area contributed by atoms with Crippen LogP contribution in [0.1, 0.15) is 22.5 Å². The molecule has 2 aromatic rings. The van der Waals surface area contributed by atoms with E-state index in [4.69, 9.17) is 0 Å². The highest BCUT2D eigenvalue weighted by Crippen LogP contribution is 2.32. The molecule has 0 atom stereocenters. The van der Waals surface area contributed by atoms with E-state index in [0.717, 1.165) is 10.4 Å². The number of ketones is 1. The Bertz CT molecular complexity index is 893. The van der Waals surface area contributed by atoms with E-state index < -0.39 is 21.9 Å². The minimum atomic E-state index is -4.65. The minimum absolute atomic E-state index is 0.00427. The Balaban J connectivity index is 2.03. The van der Waals surface area contributed by atoms with Crippen molar-refractivity contribution in [2.24, 2.45) is 0 Å². The third kappa shape index (κ3) is 2.75. The first-order valence-electron chi connectivity index (χ1n) is 6.89. The molecule has 0 unspecified atom stereocenters. The number of hydrogen-bond donors (Lipinski definition) is 0. The van der Waals surface area contributed by atoms with Crippen LogP contribution in [-0.2, 0) is 16.2 Å². The van der Waals surface area contributed by atoms with Crippen LogP contribution in [0, 0.1) is 0 Å². The molecule has 0 spiro atoms. The normalized spacial score (nSPS) is 15.3. The molecule has 24 heavy (non-hydrogen) atoms. The number of pyridine rings is 1. The lowest BCUT2D eigenvalue weighted by molar-refractivity contribution is -0.141. The molecule has 0 fully saturated rings. The predicted molar refractivity (Wildman–Crippen MR) is 79.2 cm³/mol. The minimum Gasteiger partial charge on any atom is -0.294 e. The second-order valence-corrected chi connectivity index (χ2v) is 7.01. The van der Waals surface area contributed by atoms with Gasteiger partial charge in [-0.15, -0.1) is 0 Å². The van der Waals surface area contributed by atoms with Crippen LogP contribution in [0.2, 0.25) is 0 Å². The number of benzene rings is 1. The van der Waals surface area contributed by atoms with Gasteiger partial charge in [-0.05, 0) is 24.3 Å². The number of para-hydroxylation sites is 1. The maximum absolute atomic E-state index is 12.7. The fourth-order valence-corrected chi connectivity index (χ4v) is 3.89. The van der Waals surface area contributed by atoms with Crippen molar-refractivity contribution < 1.29 is 26.4 Å². The van der Waals surface area contributed by atoms with Crippen molar-refractivity contribution in [3.8, 4) is 0 Å². The highest BCUT2D eigenvalue weighted by molar-refractivity contribution is 7.92. The van der Waals surface area contributed by atoms with E-state index in [2.05, 4.69) is 4.98 Å². The lowest BCUT2D eigenvalue weighted by Gasteiger charge is -2.29. The molecule has 5 nitrogen and oxygen atoms in total. The molecule has 3 rings (SSSR count). The van der Waals surface area contributed by atoms with Crippen LogP contribution >= 0.6 is 0 Å². The first kappa shape index (κ1) is 16.4. The number of nitrogens with zero attached hydrogens (tertiary/aromatic N) is 2. The Morgan fingerprint density at radius 2 is 1.79 bits per heavy atom. The molecule has 0 saturated heterocycles. The van der Waals surface area contributed by atoms with E-state index in [-0.39, 0.29) is 34.9 Å². The van der Waals surface area contributed by atoms with Gasteiger partial charge in [-0.25, -0.2) is 8.42 Å². The summed E-state index contributed by atoms with van der Waals surface area (Å²) in [6.07, 6.45) is -3.96. The number of aromatic nitrogens is 1. The summed E-state index contributed by atoms with van der Waals surface area (Å²) in [4.78, 5) is 14.7. The molecule has 0 N–H and O–H groups in total. The van der Waals surface area contributed by atoms with Gasteiger partial charge in [-0.2, -0.15) is 13.2 Å². The molecule has 0 saturated carbocycles. The third-order valence-corrected chi connectivity index (χ3v) is 5.43. The molecule has 1 aromatic heterocycles. The monoisotopic (exact) mass is 356 g/mol. The summed E-state index contributed by atoms with van der Waals surface area (Å²) in [5.41, 5.74) is -0.684. The van der Waals surface area contributed by atoms with E-state index in [1.165, 1.54) is 12.1 Å². The fraction of sp³-hybridized carbons (Fsp3) is 0.200. The summed E-state index contributed by atoms with van der Waals surface area (Å²) in [7, 11) is -4.11. The lowest BCUT2D eigenvalue weighted by Crippen LogP contribution is -2.37. The molecule has 0 radical (unpaired) electrons. The molecule has 0 bridgehead atoms. The highest BCUT2D eigenvalue weighted by atomic mass is 32.2. The van der Waals surface area contributed by atoms with Crippen LogP contribution in [0.5, 0.6) is 0 Å². The molecule has 1 aromatic carbocycles. The van der Waals surface area contributed by atoms with Crippen molar-refractivity contribution in [3.63, 3.8) is 0 Å². The van der Waals surface area contributed by atoms with E-state index in [1.807, 2.05) is 0 Å². The van der Waals surface area contributed by atoms with Crippen molar-refractivity contribution in [1.82, 2.24) is 4.98 Å². The number of fused-ring (bicyclic) bond motifs is 1. The van der Waals surface area contributed by atoms with Crippen molar-refractivity contribution in [2.75, 3.05) is 10.8 Å². The molecule has 126 valence electrons. The van der Waals surface area contributed by atoms with Crippen molar-refractivity contribution in [3.05, 3.63) is 53.9 Å². The van der Waals surface area contributed by atoms with Crippen LogP contribution in [0.3, 0.4) is 0 Å². The number of halogens is 3. The van der Waals surface area contributed by atoms with Gasteiger partial charge in [-0.1, -0.05) is 12.1 Å². The molecular formula is C15H11F3N2O3S. The molecule has 0 amide bonds. The average Bonchev–Trinajstić information content (AvgIpc) is 2.54. The highest BCUT2D eigenvalue weighted by Gasteiger charge is 2.35. The standard InChI is InChI=1S/C15H11F3N2O3S/c16-15(17,18)14-6-5-10(9-19-14)24(22,23)20-8-7-13(21)11-3-1-2-4-12(11)20/h1-6,9H,7-8H2. The second kappa shape index (κ2) is 5.59. The van der Waals surface area contributed by atoms with Crippen LogP contribution in [-0.4, -0.2) is 25.7 Å². The van der Waals surface area contributed by atoms with Gasteiger partial charge in [0.05, 0.1) is 5.69 Å². The summed E-state index contributed by atoms with van der Waals surface area (Å²) < 4.78 is 64.1. The maximum atomic E-state index is 12.7. The van der Waals surface area contributed by atoms with Crippen LogP contribution < -0.4 is 4.31 Å². The Labute approximate surface area is 135 Å². The summed E-state index contributed by atoms with van der Waals surface area (Å²) in [6.45, 7) is -0.0702. The zero-order valence-electron chi connectivity index (χ0n) is 12.1. The van der Waals surface area contributed by atoms with Crippen molar-refractivity contribution in [1.29, 1.82) is 0 Å². The zero-order chi connectivity index (χ0) is 17.5. The second-order valence-electron chi connectivity index (χ2n) is 5.14. The molecule has 1 aliphatic heterocycles. The van der Waals surface area contributed by atoms with E-state index in [9.17, 15) is 26.4 Å². The predicted octanol–water partition coefficient (Wildman–Crippen LogP) is 2.88. The third-order valence-electron chi connectivity index (χ3n) is 3.63. The molecule has 2 heterocycles. The first-order chi connectivity index (χ1) is 11.2. The first-order valence-corrected chi connectivity index (χ1v) is 8.33. The Kier molecular flexibility index (Phi) is 3.83. The Hall–Kier alpha value is -2.42. The fourth-order valence-electron chi connectivity index (χ4n) is 2.46. The molecule has 1 aliphatic rings. The summed E-state index contributed by atoms with van der Waals surface area (Å²) in [5, 5.41) is 0. The van der Waals surface area contributed by atoms with E-state index in [1.54, 1.807) is 12.1 Å². The summed E-state index contributed by atoms with van der Waals surface area (Å²) in [6, 6.07) is 7.70. The topological polar surface area (TPSA) is 67.3 Å². The number of anilines is 1. The van der Waals surface area contributed by atoms with Gasteiger partial charge >= 0.3 is 6.18 Å². The van der Waals surface area contributed by atoms with Crippen LogP contribution in [0.25, 0.3) is 0 Å². The van der Waals surface area contributed by atoms with Gasteiger partial charge < -0.3 is 0 Å². The molecule has 0 aliphatic carbocycles. The van der Waals surface area contributed by atoms with Crippen LogP contribution in [0.4, 0.5) is 18.9 Å². The number of hydrogen-bond acceptors (Lipinski definition) is 4.